The van der Waals surface area contributed by atoms with E-state index in [2.05, 4.69) is 24.4 Å². The standard InChI is InChI=1S/C18H29NO2/c1-3-12-19-18(16-5-4-13-21-14-16)11-8-15-6-9-17(20-2)10-7-15/h6-7,9-10,16,18-19H,3-5,8,11-14H2,1-2H3. The van der Waals surface area contributed by atoms with Crippen LogP contribution < -0.4 is 10.1 Å². The fourth-order valence-corrected chi connectivity index (χ4v) is 3.03. The molecule has 2 atom stereocenters. The van der Waals surface area contributed by atoms with Crippen molar-refractivity contribution in [1.29, 1.82) is 0 Å². The zero-order chi connectivity index (χ0) is 14.9. The largest absolute Gasteiger partial charge is 0.497 e. The Morgan fingerprint density at radius 3 is 2.76 bits per heavy atom. The monoisotopic (exact) mass is 291 g/mol. The molecule has 1 aliphatic heterocycles. The molecule has 1 aromatic carbocycles. The van der Waals surface area contributed by atoms with Gasteiger partial charge in [0.25, 0.3) is 0 Å². The molecule has 0 radical (unpaired) electrons. The molecule has 1 aliphatic rings. The lowest BCUT2D eigenvalue weighted by Crippen LogP contribution is -2.41. The molecular weight excluding hydrogens is 262 g/mol. The van der Waals surface area contributed by atoms with Crippen LogP contribution in [0.1, 0.15) is 38.2 Å². The van der Waals surface area contributed by atoms with Gasteiger partial charge in [-0.25, -0.2) is 0 Å². The normalized spacial score (nSPS) is 20.2. The molecule has 3 nitrogen and oxygen atoms in total. The van der Waals surface area contributed by atoms with E-state index in [1.807, 2.05) is 12.1 Å². The predicted octanol–water partition coefficient (Wildman–Crippen LogP) is 3.42. The van der Waals surface area contributed by atoms with E-state index >= 15 is 0 Å². The van der Waals surface area contributed by atoms with Gasteiger partial charge < -0.3 is 14.8 Å². The van der Waals surface area contributed by atoms with Crippen LogP contribution in [0, 0.1) is 5.92 Å². The van der Waals surface area contributed by atoms with Crippen molar-refractivity contribution >= 4 is 0 Å². The lowest BCUT2D eigenvalue weighted by molar-refractivity contribution is 0.0380. The van der Waals surface area contributed by atoms with E-state index in [0.29, 0.717) is 12.0 Å². The number of methoxy groups -OCH3 is 1. The molecule has 118 valence electrons. The highest BCUT2D eigenvalue weighted by Gasteiger charge is 2.23. The lowest BCUT2D eigenvalue weighted by atomic mass is 9.89. The zero-order valence-corrected chi connectivity index (χ0v) is 13.4. The van der Waals surface area contributed by atoms with Gasteiger partial charge in [-0.15, -0.1) is 0 Å². The number of benzene rings is 1. The van der Waals surface area contributed by atoms with E-state index in [1.165, 1.54) is 31.2 Å². The summed E-state index contributed by atoms with van der Waals surface area (Å²) >= 11 is 0. The van der Waals surface area contributed by atoms with Gasteiger partial charge in [-0.2, -0.15) is 0 Å². The van der Waals surface area contributed by atoms with Gasteiger partial charge in [-0.05, 0) is 62.3 Å². The smallest absolute Gasteiger partial charge is 0.118 e. The number of rotatable bonds is 8. The Hall–Kier alpha value is -1.06. The molecule has 21 heavy (non-hydrogen) atoms. The molecule has 0 saturated carbocycles. The Morgan fingerprint density at radius 2 is 2.14 bits per heavy atom. The second-order valence-electron chi connectivity index (χ2n) is 5.92. The van der Waals surface area contributed by atoms with Gasteiger partial charge in [-0.1, -0.05) is 19.1 Å². The van der Waals surface area contributed by atoms with E-state index in [1.54, 1.807) is 7.11 Å². The third-order valence-electron chi connectivity index (χ3n) is 4.32. The highest BCUT2D eigenvalue weighted by Crippen LogP contribution is 2.21. The summed E-state index contributed by atoms with van der Waals surface area (Å²) < 4.78 is 10.9. The van der Waals surface area contributed by atoms with Crippen molar-refractivity contribution < 1.29 is 9.47 Å². The molecule has 1 saturated heterocycles. The Kier molecular flexibility index (Phi) is 7.04. The minimum absolute atomic E-state index is 0.576. The number of ether oxygens (including phenoxy) is 2. The fraction of sp³-hybridized carbons (Fsp3) is 0.667. The van der Waals surface area contributed by atoms with Crippen LogP contribution >= 0.6 is 0 Å². The molecule has 1 fully saturated rings. The summed E-state index contributed by atoms with van der Waals surface area (Å²) in [4.78, 5) is 0. The average molecular weight is 291 g/mol. The van der Waals surface area contributed by atoms with E-state index < -0.39 is 0 Å². The lowest BCUT2D eigenvalue weighted by Gasteiger charge is -2.31. The summed E-state index contributed by atoms with van der Waals surface area (Å²) in [5.74, 6) is 1.60. The van der Waals surface area contributed by atoms with Gasteiger partial charge in [0.05, 0.1) is 13.7 Å². The van der Waals surface area contributed by atoms with Crippen molar-refractivity contribution in [2.75, 3.05) is 26.9 Å². The summed E-state index contributed by atoms with van der Waals surface area (Å²) in [6, 6.07) is 9.02. The van der Waals surface area contributed by atoms with E-state index in [4.69, 9.17) is 9.47 Å². The first kappa shape index (κ1) is 16.3. The highest BCUT2D eigenvalue weighted by atomic mass is 16.5. The molecule has 0 aliphatic carbocycles. The molecule has 0 aromatic heterocycles. The van der Waals surface area contributed by atoms with Gasteiger partial charge in [-0.3, -0.25) is 0 Å². The Morgan fingerprint density at radius 1 is 1.33 bits per heavy atom. The van der Waals surface area contributed by atoms with Gasteiger partial charge in [0.1, 0.15) is 5.75 Å². The maximum absolute atomic E-state index is 5.67. The SMILES string of the molecule is CCCNC(CCc1ccc(OC)cc1)C1CCCOC1. The Balaban J connectivity index is 1.87. The third kappa shape index (κ3) is 5.33. The average Bonchev–Trinajstić information content (AvgIpc) is 2.56. The van der Waals surface area contributed by atoms with E-state index in [9.17, 15) is 0 Å². The maximum atomic E-state index is 5.67. The van der Waals surface area contributed by atoms with E-state index in [0.717, 1.165) is 31.9 Å². The maximum Gasteiger partial charge on any atom is 0.118 e. The molecule has 0 amide bonds. The van der Waals surface area contributed by atoms with Gasteiger partial charge in [0.15, 0.2) is 0 Å². The molecule has 0 bridgehead atoms. The van der Waals surface area contributed by atoms with Crippen LogP contribution in [0.5, 0.6) is 5.75 Å². The van der Waals surface area contributed by atoms with Crippen LogP contribution in [0.2, 0.25) is 0 Å². The van der Waals surface area contributed by atoms with Crippen molar-refractivity contribution in [1.82, 2.24) is 5.32 Å². The second-order valence-corrected chi connectivity index (χ2v) is 5.92. The van der Waals surface area contributed by atoms with Crippen LogP contribution in [0.3, 0.4) is 0 Å². The van der Waals surface area contributed by atoms with Crippen molar-refractivity contribution in [2.45, 2.75) is 45.1 Å². The zero-order valence-electron chi connectivity index (χ0n) is 13.4. The minimum atomic E-state index is 0.576. The second kappa shape index (κ2) is 9.06. The summed E-state index contributed by atoms with van der Waals surface area (Å²) in [5.41, 5.74) is 1.39. The van der Waals surface area contributed by atoms with Crippen LogP contribution in [-0.4, -0.2) is 32.9 Å². The molecule has 1 aromatic rings. The minimum Gasteiger partial charge on any atom is -0.497 e. The number of hydrogen-bond acceptors (Lipinski definition) is 3. The highest BCUT2D eigenvalue weighted by molar-refractivity contribution is 5.27. The molecule has 2 unspecified atom stereocenters. The summed E-state index contributed by atoms with van der Waals surface area (Å²) in [6.45, 7) is 5.19. The molecular formula is C18H29NO2. The Labute approximate surface area is 129 Å². The quantitative estimate of drug-likeness (QED) is 0.796. The number of aryl methyl sites for hydroxylation is 1. The van der Waals surface area contributed by atoms with Crippen molar-refractivity contribution in [3.63, 3.8) is 0 Å². The van der Waals surface area contributed by atoms with Crippen LogP contribution in [0.15, 0.2) is 24.3 Å². The van der Waals surface area contributed by atoms with Crippen molar-refractivity contribution in [3.8, 4) is 5.75 Å². The number of nitrogens with one attached hydrogen (secondary N) is 1. The van der Waals surface area contributed by atoms with Crippen molar-refractivity contribution in [2.24, 2.45) is 5.92 Å². The van der Waals surface area contributed by atoms with Crippen LogP contribution in [0.4, 0.5) is 0 Å². The van der Waals surface area contributed by atoms with Crippen LogP contribution in [-0.2, 0) is 11.2 Å². The topological polar surface area (TPSA) is 30.5 Å². The van der Waals surface area contributed by atoms with E-state index in [-0.39, 0.29) is 0 Å². The first-order valence-electron chi connectivity index (χ1n) is 8.27. The van der Waals surface area contributed by atoms with Gasteiger partial charge >= 0.3 is 0 Å². The molecule has 0 spiro atoms. The summed E-state index contributed by atoms with van der Waals surface area (Å²) in [7, 11) is 1.71. The fourth-order valence-electron chi connectivity index (χ4n) is 3.03. The van der Waals surface area contributed by atoms with Crippen molar-refractivity contribution in [3.05, 3.63) is 29.8 Å². The number of hydrogen-bond donors (Lipinski definition) is 1. The van der Waals surface area contributed by atoms with Gasteiger partial charge in [0, 0.05) is 12.6 Å². The summed E-state index contributed by atoms with van der Waals surface area (Å²) in [6.07, 6.45) is 5.98. The molecule has 3 heteroatoms. The first-order valence-corrected chi connectivity index (χ1v) is 8.27. The van der Waals surface area contributed by atoms with Crippen LogP contribution in [0.25, 0.3) is 0 Å². The molecule has 1 heterocycles. The molecule has 1 N–H and O–H groups in total. The van der Waals surface area contributed by atoms with Gasteiger partial charge in [0.2, 0.25) is 0 Å². The Bertz CT molecular complexity index is 385. The molecule has 2 rings (SSSR count). The summed E-state index contributed by atoms with van der Waals surface area (Å²) in [5, 5.41) is 3.73. The third-order valence-corrected chi connectivity index (χ3v) is 4.32. The predicted molar refractivity (Wildman–Crippen MR) is 86.9 cm³/mol. The first-order chi connectivity index (χ1) is 10.3.